The summed E-state index contributed by atoms with van der Waals surface area (Å²) in [7, 11) is 0. The molecule has 0 bridgehead atoms. The second-order valence-electron chi connectivity index (χ2n) is 6.23. The van der Waals surface area contributed by atoms with Gasteiger partial charge >= 0.3 is 5.97 Å². The minimum absolute atomic E-state index is 0.174. The number of rotatable bonds is 4. The van der Waals surface area contributed by atoms with Gasteiger partial charge in [0.05, 0.1) is 11.0 Å². The molecule has 0 unspecified atom stereocenters. The highest BCUT2D eigenvalue weighted by Gasteiger charge is 2.30. The Morgan fingerprint density at radius 3 is 2.17 bits per heavy atom. The minimum atomic E-state index is -1.000. The molecule has 0 radical (unpaired) electrons. The minimum Gasteiger partial charge on any atom is -0.478 e. The van der Waals surface area contributed by atoms with E-state index in [2.05, 4.69) is 5.32 Å². The maximum absolute atomic E-state index is 12.7. The fourth-order valence-electron chi connectivity index (χ4n) is 2.48. The molecule has 1 amide bonds. The zero-order valence-corrected chi connectivity index (χ0v) is 13.8. The standard InChI is InChI=1S/C19H21NO3/c1-12-10-13(2)16(11-15(12)17(21)22)20-18(23)19(3,4)14-8-6-5-7-9-14/h5-11H,1-4H3,(H,20,23)(H,21,22). The van der Waals surface area contributed by atoms with Crippen molar-refractivity contribution in [1.29, 1.82) is 0 Å². The van der Waals surface area contributed by atoms with Gasteiger partial charge in [-0.25, -0.2) is 4.79 Å². The van der Waals surface area contributed by atoms with Gasteiger partial charge in [-0.3, -0.25) is 4.79 Å². The van der Waals surface area contributed by atoms with Gasteiger partial charge in [0.2, 0.25) is 5.91 Å². The molecule has 0 aromatic heterocycles. The van der Waals surface area contributed by atoms with Gasteiger partial charge < -0.3 is 10.4 Å². The lowest BCUT2D eigenvalue weighted by Crippen LogP contribution is -2.35. The number of hydrogen-bond acceptors (Lipinski definition) is 2. The van der Waals surface area contributed by atoms with Gasteiger partial charge in [0.25, 0.3) is 0 Å². The van der Waals surface area contributed by atoms with Crippen LogP contribution in [0, 0.1) is 13.8 Å². The Kier molecular flexibility index (Phi) is 4.55. The highest BCUT2D eigenvalue weighted by molar-refractivity contribution is 6.00. The fourth-order valence-corrected chi connectivity index (χ4v) is 2.48. The number of aryl methyl sites for hydroxylation is 2. The quantitative estimate of drug-likeness (QED) is 0.899. The third kappa shape index (κ3) is 3.42. The number of anilines is 1. The molecule has 0 aliphatic heterocycles. The molecule has 0 aliphatic rings. The highest BCUT2D eigenvalue weighted by Crippen LogP contribution is 2.27. The molecule has 4 heteroatoms. The van der Waals surface area contributed by atoms with Crippen LogP contribution in [0.4, 0.5) is 5.69 Å². The summed E-state index contributed by atoms with van der Waals surface area (Å²) in [6, 6.07) is 12.8. The largest absolute Gasteiger partial charge is 0.478 e. The monoisotopic (exact) mass is 311 g/mol. The molecule has 120 valence electrons. The molecular weight excluding hydrogens is 290 g/mol. The summed E-state index contributed by atoms with van der Waals surface area (Å²) in [5.74, 6) is -1.17. The summed E-state index contributed by atoms with van der Waals surface area (Å²) in [4.78, 5) is 24.0. The van der Waals surface area contributed by atoms with Crippen molar-refractivity contribution in [2.75, 3.05) is 5.32 Å². The Balaban J connectivity index is 2.34. The number of hydrogen-bond donors (Lipinski definition) is 2. The van der Waals surface area contributed by atoms with Gasteiger partial charge in [-0.05, 0) is 50.5 Å². The van der Waals surface area contributed by atoms with Crippen molar-refractivity contribution in [3.63, 3.8) is 0 Å². The van der Waals surface area contributed by atoms with E-state index in [1.807, 2.05) is 51.1 Å². The lowest BCUT2D eigenvalue weighted by atomic mass is 9.83. The number of nitrogens with one attached hydrogen (secondary N) is 1. The van der Waals surface area contributed by atoms with Gasteiger partial charge in [-0.15, -0.1) is 0 Å². The van der Waals surface area contributed by atoms with E-state index in [0.29, 0.717) is 11.3 Å². The van der Waals surface area contributed by atoms with Crippen molar-refractivity contribution in [3.05, 3.63) is 64.7 Å². The number of carbonyl (C=O) groups is 2. The van der Waals surface area contributed by atoms with Gasteiger partial charge in [0.1, 0.15) is 0 Å². The van der Waals surface area contributed by atoms with Crippen LogP contribution in [0.2, 0.25) is 0 Å². The normalized spacial score (nSPS) is 11.1. The van der Waals surface area contributed by atoms with Gasteiger partial charge in [0.15, 0.2) is 0 Å². The summed E-state index contributed by atoms with van der Waals surface area (Å²) in [6.07, 6.45) is 0. The third-order valence-corrected chi connectivity index (χ3v) is 4.11. The summed E-state index contributed by atoms with van der Waals surface area (Å²) in [6.45, 7) is 7.29. The fraction of sp³-hybridized carbons (Fsp3) is 0.263. The molecule has 2 rings (SSSR count). The van der Waals surface area contributed by atoms with Gasteiger partial charge in [-0.1, -0.05) is 36.4 Å². The summed E-state index contributed by atoms with van der Waals surface area (Å²) < 4.78 is 0. The first-order chi connectivity index (χ1) is 10.7. The van der Waals surface area contributed by atoms with Crippen LogP contribution in [0.25, 0.3) is 0 Å². The van der Waals surface area contributed by atoms with E-state index in [0.717, 1.165) is 11.1 Å². The molecule has 0 spiro atoms. The van der Waals surface area contributed by atoms with E-state index in [9.17, 15) is 14.7 Å². The first-order valence-corrected chi connectivity index (χ1v) is 7.45. The first kappa shape index (κ1) is 16.7. The van der Waals surface area contributed by atoms with Crippen LogP contribution in [0.15, 0.2) is 42.5 Å². The molecule has 0 aliphatic carbocycles. The zero-order chi connectivity index (χ0) is 17.2. The predicted molar refractivity (Wildman–Crippen MR) is 91.0 cm³/mol. The number of aromatic carboxylic acids is 1. The maximum Gasteiger partial charge on any atom is 0.336 e. The molecule has 23 heavy (non-hydrogen) atoms. The lowest BCUT2D eigenvalue weighted by molar-refractivity contribution is -0.120. The van der Waals surface area contributed by atoms with Crippen molar-refractivity contribution in [3.8, 4) is 0 Å². The van der Waals surface area contributed by atoms with Crippen LogP contribution in [-0.4, -0.2) is 17.0 Å². The topological polar surface area (TPSA) is 66.4 Å². The van der Waals surface area contributed by atoms with Crippen molar-refractivity contribution in [1.82, 2.24) is 0 Å². The smallest absolute Gasteiger partial charge is 0.336 e. The number of carbonyl (C=O) groups excluding carboxylic acids is 1. The Morgan fingerprint density at radius 2 is 1.61 bits per heavy atom. The number of carboxylic acids is 1. The average molecular weight is 311 g/mol. The first-order valence-electron chi connectivity index (χ1n) is 7.45. The van der Waals surface area contributed by atoms with E-state index in [-0.39, 0.29) is 11.5 Å². The number of amides is 1. The Bertz CT molecular complexity index is 749. The maximum atomic E-state index is 12.7. The molecule has 0 saturated carbocycles. The molecular formula is C19H21NO3. The summed E-state index contributed by atoms with van der Waals surface area (Å²) >= 11 is 0. The average Bonchev–Trinajstić information content (AvgIpc) is 2.50. The van der Waals surface area contributed by atoms with E-state index in [1.54, 1.807) is 13.0 Å². The Labute approximate surface area is 136 Å². The molecule has 0 atom stereocenters. The van der Waals surface area contributed by atoms with Crippen LogP contribution in [0.5, 0.6) is 0 Å². The SMILES string of the molecule is Cc1cc(C)c(C(=O)O)cc1NC(=O)C(C)(C)c1ccccc1. The number of benzene rings is 2. The number of carboxylic acid groups (broad SMARTS) is 1. The zero-order valence-electron chi connectivity index (χ0n) is 13.8. The highest BCUT2D eigenvalue weighted by atomic mass is 16.4. The van der Waals surface area contributed by atoms with E-state index in [4.69, 9.17) is 0 Å². The van der Waals surface area contributed by atoms with Crippen molar-refractivity contribution in [2.45, 2.75) is 33.1 Å². The van der Waals surface area contributed by atoms with Gasteiger partial charge in [-0.2, -0.15) is 0 Å². The molecule has 0 heterocycles. The van der Waals surface area contributed by atoms with Crippen LogP contribution in [0.1, 0.15) is 40.9 Å². The predicted octanol–water partition coefficient (Wildman–Crippen LogP) is 3.92. The summed E-state index contributed by atoms with van der Waals surface area (Å²) in [5, 5.41) is 12.1. The van der Waals surface area contributed by atoms with Gasteiger partial charge in [0, 0.05) is 5.69 Å². The molecule has 4 nitrogen and oxygen atoms in total. The second-order valence-corrected chi connectivity index (χ2v) is 6.23. The Morgan fingerprint density at radius 1 is 1.00 bits per heavy atom. The van der Waals surface area contributed by atoms with Crippen molar-refractivity contribution < 1.29 is 14.7 Å². The van der Waals surface area contributed by atoms with Crippen LogP contribution in [-0.2, 0) is 10.2 Å². The van der Waals surface area contributed by atoms with Crippen LogP contribution >= 0.6 is 0 Å². The molecule has 2 aromatic carbocycles. The van der Waals surface area contributed by atoms with Crippen molar-refractivity contribution in [2.24, 2.45) is 0 Å². The van der Waals surface area contributed by atoms with E-state index < -0.39 is 11.4 Å². The molecule has 2 N–H and O–H groups in total. The summed E-state index contributed by atoms with van der Waals surface area (Å²) in [5.41, 5.74) is 2.42. The van der Waals surface area contributed by atoms with E-state index in [1.165, 1.54) is 6.07 Å². The Hall–Kier alpha value is -2.62. The molecule has 2 aromatic rings. The molecule has 0 saturated heterocycles. The molecule has 0 fully saturated rings. The second kappa shape index (κ2) is 6.24. The third-order valence-electron chi connectivity index (χ3n) is 4.11. The van der Waals surface area contributed by atoms with E-state index >= 15 is 0 Å². The lowest BCUT2D eigenvalue weighted by Gasteiger charge is -2.25. The van der Waals surface area contributed by atoms with Crippen LogP contribution < -0.4 is 5.32 Å². The van der Waals surface area contributed by atoms with Crippen molar-refractivity contribution >= 4 is 17.6 Å². The van der Waals surface area contributed by atoms with Crippen LogP contribution in [0.3, 0.4) is 0 Å².